The number of aryl methyl sites for hydroxylation is 1. The van der Waals surface area contributed by atoms with Crippen LogP contribution in [0.2, 0.25) is 0 Å². The summed E-state index contributed by atoms with van der Waals surface area (Å²) in [7, 11) is 0. The molecule has 0 aliphatic carbocycles. The van der Waals surface area contributed by atoms with E-state index in [1.54, 1.807) is 24.1 Å². The van der Waals surface area contributed by atoms with Gasteiger partial charge in [0.25, 0.3) is 0 Å². The molecule has 1 saturated heterocycles. The van der Waals surface area contributed by atoms with Crippen LogP contribution in [0, 0.1) is 12.8 Å². The van der Waals surface area contributed by atoms with Crippen molar-refractivity contribution in [3.05, 3.63) is 23.8 Å². The van der Waals surface area contributed by atoms with Gasteiger partial charge in [-0.25, -0.2) is 14.8 Å². The lowest BCUT2D eigenvalue weighted by Gasteiger charge is -2.30. The molecule has 1 atom stereocenters. The van der Waals surface area contributed by atoms with Crippen LogP contribution in [0.25, 0.3) is 0 Å². The fourth-order valence-corrected chi connectivity index (χ4v) is 2.24. The fourth-order valence-electron chi connectivity index (χ4n) is 2.24. The zero-order valence-electron chi connectivity index (χ0n) is 11.4. The van der Waals surface area contributed by atoms with Gasteiger partial charge in [-0.2, -0.15) is 0 Å². The lowest BCUT2D eigenvalue weighted by molar-refractivity contribution is -0.143. The van der Waals surface area contributed by atoms with Gasteiger partial charge in [-0.1, -0.05) is 0 Å². The standard InChI is InChI=1S/C13H18N4O3/c1-9-14-5-4-11(16-9)7-15-13(20)17-6-2-3-10(8-17)12(18)19/h4-5,10H,2-3,6-8H2,1H3,(H,15,20)(H,18,19)/t10-/m1/s1. The number of carbonyl (C=O) groups is 2. The molecule has 1 aromatic rings. The molecular formula is C13H18N4O3. The van der Waals surface area contributed by atoms with Crippen molar-refractivity contribution in [2.24, 2.45) is 5.92 Å². The number of nitrogens with zero attached hydrogens (tertiary/aromatic N) is 3. The summed E-state index contributed by atoms with van der Waals surface area (Å²) in [6, 6.07) is 1.50. The van der Waals surface area contributed by atoms with Crippen molar-refractivity contribution in [1.82, 2.24) is 20.2 Å². The van der Waals surface area contributed by atoms with Crippen molar-refractivity contribution in [2.45, 2.75) is 26.3 Å². The molecular weight excluding hydrogens is 260 g/mol. The lowest BCUT2D eigenvalue weighted by Crippen LogP contribution is -2.46. The maximum atomic E-state index is 12.0. The first-order valence-corrected chi connectivity index (χ1v) is 6.60. The van der Waals surface area contributed by atoms with E-state index in [1.807, 2.05) is 0 Å². The molecule has 2 N–H and O–H groups in total. The Morgan fingerprint density at radius 2 is 2.35 bits per heavy atom. The third kappa shape index (κ3) is 3.66. The zero-order chi connectivity index (χ0) is 14.5. The third-order valence-electron chi connectivity index (χ3n) is 3.31. The number of piperidine rings is 1. The topological polar surface area (TPSA) is 95.4 Å². The first-order valence-electron chi connectivity index (χ1n) is 6.60. The normalized spacial score (nSPS) is 18.6. The monoisotopic (exact) mass is 278 g/mol. The first kappa shape index (κ1) is 14.2. The van der Waals surface area contributed by atoms with Gasteiger partial charge in [0.15, 0.2) is 0 Å². The van der Waals surface area contributed by atoms with Gasteiger partial charge in [0.2, 0.25) is 0 Å². The van der Waals surface area contributed by atoms with Crippen LogP contribution in [0.4, 0.5) is 4.79 Å². The van der Waals surface area contributed by atoms with E-state index in [0.29, 0.717) is 25.3 Å². The molecule has 0 aromatic carbocycles. The Labute approximate surface area is 117 Å². The van der Waals surface area contributed by atoms with E-state index in [1.165, 1.54) is 0 Å². The molecule has 7 nitrogen and oxygen atoms in total. The minimum atomic E-state index is -0.839. The number of hydrogen-bond donors (Lipinski definition) is 2. The predicted molar refractivity (Wildman–Crippen MR) is 70.9 cm³/mol. The second kappa shape index (κ2) is 6.31. The molecule has 1 aromatic heterocycles. The highest BCUT2D eigenvalue weighted by atomic mass is 16.4. The molecule has 7 heteroatoms. The van der Waals surface area contributed by atoms with E-state index in [-0.39, 0.29) is 12.6 Å². The molecule has 0 bridgehead atoms. The molecule has 2 rings (SSSR count). The van der Waals surface area contributed by atoms with E-state index >= 15 is 0 Å². The molecule has 108 valence electrons. The Morgan fingerprint density at radius 1 is 1.55 bits per heavy atom. The Hall–Kier alpha value is -2.18. The molecule has 0 radical (unpaired) electrons. The number of carboxylic acid groups (broad SMARTS) is 1. The quantitative estimate of drug-likeness (QED) is 0.852. The number of rotatable bonds is 3. The molecule has 0 saturated carbocycles. The molecule has 20 heavy (non-hydrogen) atoms. The summed E-state index contributed by atoms with van der Waals surface area (Å²) in [6.45, 7) is 2.96. The SMILES string of the molecule is Cc1nccc(CNC(=O)N2CCC[C@@H](C(=O)O)C2)n1. The Bertz CT molecular complexity index is 506. The number of nitrogens with one attached hydrogen (secondary N) is 1. The van der Waals surface area contributed by atoms with Crippen molar-refractivity contribution >= 4 is 12.0 Å². The highest BCUT2D eigenvalue weighted by molar-refractivity contribution is 5.76. The second-order valence-electron chi connectivity index (χ2n) is 4.88. The summed E-state index contributed by atoms with van der Waals surface area (Å²) in [5.41, 5.74) is 0.734. The molecule has 0 spiro atoms. The largest absolute Gasteiger partial charge is 0.481 e. The van der Waals surface area contributed by atoms with Gasteiger partial charge in [0.05, 0.1) is 18.2 Å². The number of hydrogen-bond acceptors (Lipinski definition) is 4. The number of likely N-dealkylation sites (tertiary alicyclic amines) is 1. The second-order valence-corrected chi connectivity index (χ2v) is 4.88. The molecule has 1 aliphatic heterocycles. The van der Waals surface area contributed by atoms with Crippen LogP contribution in [0.15, 0.2) is 12.3 Å². The van der Waals surface area contributed by atoms with Crippen molar-refractivity contribution in [2.75, 3.05) is 13.1 Å². The number of aromatic nitrogens is 2. The maximum absolute atomic E-state index is 12.0. The van der Waals surface area contributed by atoms with Crippen LogP contribution in [0.5, 0.6) is 0 Å². The molecule has 2 heterocycles. The van der Waals surface area contributed by atoms with E-state index in [4.69, 9.17) is 5.11 Å². The lowest BCUT2D eigenvalue weighted by atomic mass is 9.99. The molecule has 2 amide bonds. The number of amides is 2. The van der Waals surface area contributed by atoms with E-state index in [9.17, 15) is 9.59 Å². The fraction of sp³-hybridized carbons (Fsp3) is 0.538. The van der Waals surface area contributed by atoms with Crippen molar-refractivity contribution < 1.29 is 14.7 Å². The van der Waals surface area contributed by atoms with Gasteiger partial charge in [0.1, 0.15) is 5.82 Å². The van der Waals surface area contributed by atoms with Crippen molar-refractivity contribution in [1.29, 1.82) is 0 Å². The van der Waals surface area contributed by atoms with Crippen molar-refractivity contribution in [3.63, 3.8) is 0 Å². The van der Waals surface area contributed by atoms with Crippen molar-refractivity contribution in [3.8, 4) is 0 Å². The van der Waals surface area contributed by atoms with Gasteiger partial charge in [-0.05, 0) is 25.8 Å². The van der Waals surface area contributed by atoms with E-state index in [0.717, 1.165) is 12.1 Å². The summed E-state index contributed by atoms with van der Waals surface area (Å²) in [6.07, 6.45) is 2.99. The average Bonchev–Trinajstić information content (AvgIpc) is 2.45. The molecule has 1 aliphatic rings. The molecule has 1 fully saturated rings. The van der Waals surface area contributed by atoms with Crippen LogP contribution < -0.4 is 5.32 Å². The maximum Gasteiger partial charge on any atom is 0.317 e. The van der Waals surface area contributed by atoms with Crippen LogP contribution >= 0.6 is 0 Å². The third-order valence-corrected chi connectivity index (χ3v) is 3.31. The van der Waals surface area contributed by atoms with Gasteiger partial charge < -0.3 is 15.3 Å². The highest BCUT2D eigenvalue weighted by Gasteiger charge is 2.27. The number of urea groups is 1. The summed E-state index contributed by atoms with van der Waals surface area (Å²) in [5, 5.41) is 11.8. The minimum absolute atomic E-state index is 0.243. The number of carboxylic acids is 1. The zero-order valence-corrected chi connectivity index (χ0v) is 11.4. The summed E-state index contributed by atoms with van der Waals surface area (Å²) < 4.78 is 0. The average molecular weight is 278 g/mol. The summed E-state index contributed by atoms with van der Waals surface area (Å²) in [5.74, 6) is -0.648. The van der Waals surface area contributed by atoms with Gasteiger partial charge in [0, 0.05) is 19.3 Å². The summed E-state index contributed by atoms with van der Waals surface area (Å²) >= 11 is 0. The van der Waals surface area contributed by atoms with Crippen LogP contribution in [-0.2, 0) is 11.3 Å². The van der Waals surface area contributed by atoms with Gasteiger partial charge in [-0.3, -0.25) is 4.79 Å². The summed E-state index contributed by atoms with van der Waals surface area (Å²) in [4.78, 5) is 32.7. The van der Waals surface area contributed by atoms with Crippen LogP contribution in [0.1, 0.15) is 24.4 Å². The van der Waals surface area contributed by atoms with E-state index in [2.05, 4.69) is 15.3 Å². The first-order chi connectivity index (χ1) is 9.56. The highest BCUT2D eigenvalue weighted by Crippen LogP contribution is 2.16. The van der Waals surface area contributed by atoms with E-state index < -0.39 is 11.9 Å². The Morgan fingerprint density at radius 3 is 3.05 bits per heavy atom. The predicted octanol–water partition coefficient (Wildman–Crippen LogP) is 0.791. The Kier molecular flexibility index (Phi) is 4.49. The minimum Gasteiger partial charge on any atom is -0.481 e. The van der Waals surface area contributed by atoms with Gasteiger partial charge >= 0.3 is 12.0 Å². The molecule has 0 unspecified atom stereocenters. The Balaban J connectivity index is 1.87. The van der Waals surface area contributed by atoms with Crippen LogP contribution in [0.3, 0.4) is 0 Å². The smallest absolute Gasteiger partial charge is 0.317 e. The number of carbonyl (C=O) groups excluding carboxylic acids is 1. The number of aliphatic carboxylic acids is 1. The van der Waals surface area contributed by atoms with Gasteiger partial charge in [-0.15, -0.1) is 0 Å². The van der Waals surface area contributed by atoms with Crippen LogP contribution in [-0.4, -0.2) is 45.1 Å².